The third kappa shape index (κ3) is 4.68. The van der Waals surface area contributed by atoms with Crippen molar-refractivity contribution in [3.05, 3.63) is 78.0 Å². The minimum atomic E-state index is -0.104. The van der Waals surface area contributed by atoms with Crippen LogP contribution in [0.25, 0.3) is 11.4 Å². The van der Waals surface area contributed by atoms with Gasteiger partial charge in [-0.05, 0) is 29.8 Å². The fourth-order valence-corrected chi connectivity index (χ4v) is 3.08. The zero-order chi connectivity index (χ0) is 18.2. The Morgan fingerprint density at radius 3 is 2.58 bits per heavy atom. The highest BCUT2D eigenvalue weighted by Crippen LogP contribution is 2.24. The zero-order valence-electron chi connectivity index (χ0n) is 13.9. The molecule has 2 aromatic heterocycles. The van der Waals surface area contributed by atoms with Crippen LogP contribution in [0.4, 0.5) is 0 Å². The summed E-state index contributed by atoms with van der Waals surface area (Å²) in [6.07, 6.45) is 1.69. The van der Waals surface area contributed by atoms with Crippen LogP contribution in [0.2, 0.25) is 0 Å². The molecule has 0 radical (unpaired) electrons. The Morgan fingerprint density at radius 2 is 1.85 bits per heavy atom. The molecule has 1 amide bonds. The van der Waals surface area contributed by atoms with Gasteiger partial charge in [0.1, 0.15) is 11.1 Å². The molecule has 0 spiro atoms. The van der Waals surface area contributed by atoms with Gasteiger partial charge in [0.25, 0.3) is 0 Å². The van der Waals surface area contributed by atoms with Gasteiger partial charge >= 0.3 is 0 Å². The van der Waals surface area contributed by atoms with E-state index in [0.29, 0.717) is 22.8 Å². The molecule has 6 heteroatoms. The lowest BCUT2D eigenvalue weighted by Gasteiger charge is -2.07. The van der Waals surface area contributed by atoms with Gasteiger partial charge in [-0.2, -0.15) is 5.26 Å². The number of nitriles is 1. The van der Waals surface area contributed by atoms with Crippen molar-refractivity contribution < 1.29 is 4.79 Å². The van der Waals surface area contributed by atoms with Crippen LogP contribution >= 0.6 is 11.8 Å². The molecular formula is C20H16N4OS. The molecule has 0 aliphatic heterocycles. The molecule has 5 nitrogen and oxygen atoms in total. The molecule has 26 heavy (non-hydrogen) atoms. The van der Waals surface area contributed by atoms with Gasteiger partial charge in [-0.3, -0.25) is 9.78 Å². The minimum Gasteiger partial charge on any atom is -0.351 e. The highest BCUT2D eigenvalue weighted by molar-refractivity contribution is 8.00. The van der Waals surface area contributed by atoms with Crippen molar-refractivity contribution in [1.29, 1.82) is 5.26 Å². The smallest absolute Gasteiger partial charge is 0.230 e. The Bertz CT molecular complexity index is 924. The van der Waals surface area contributed by atoms with Crippen molar-refractivity contribution in [2.75, 3.05) is 5.75 Å². The lowest BCUT2D eigenvalue weighted by molar-refractivity contribution is -0.118. The molecule has 0 bridgehead atoms. The molecule has 2 heterocycles. The number of amides is 1. The van der Waals surface area contributed by atoms with E-state index in [2.05, 4.69) is 21.4 Å². The molecule has 3 rings (SSSR count). The molecule has 0 saturated heterocycles. The van der Waals surface area contributed by atoms with Crippen LogP contribution in [0, 0.1) is 11.3 Å². The predicted molar refractivity (Wildman–Crippen MR) is 101 cm³/mol. The van der Waals surface area contributed by atoms with Gasteiger partial charge in [0.15, 0.2) is 0 Å². The molecule has 3 aromatic rings. The standard InChI is InChI=1S/C20H16N4OS/c21-12-16-9-10-18(17-8-4-5-11-22-17)24-20(16)26-14-19(25)23-13-15-6-2-1-3-7-15/h1-11H,13-14H2,(H,23,25). The lowest BCUT2D eigenvalue weighted by atomic mass is 10.2. The molecule has 1 N–H and O–H groups in total. The second-order valence-electron chi connectivity index (χ2n) is 5.43. The number of pyridine rings is 2. The average Bonchev–Trinajstić information content (AvgIpc) is 2.72. The Labute approximate surface area is 156 Å². The zero-order valence-corrected chi connectivity index (χ0v) is 14.7. The van der Waals surface area contributed by atoms with E-state index in [4.69, 9.17) is 0 Å². The highest BCUT2D eigenvalue weighted by Gasteiger charge is 2.11. The van der Waals surface area contributed by atoms with Gasteiger partial charge in [0.05, 0.1) is 22.7 Å². The molecule has 128 valence electrons. The SMILES string of the molecule is N#Cc1ccc(-c2ccccn2)nc1SCC(=O)NCc1ccccc1. The normalized spacial score (nSPS) is 10.1. The summed E-state index contributed by atoms with van der Waals surface area (Å²) in [6.45, 7) is 0.479. The number of nitrogens with zero attached hydrogens (tertiary/aromatic N) is 3. The summed E-state index contributed by atoms with van der Waals surface area (Å²) in [4.78, 5) is 20.9. The molecule has 0 aliphatic carbocycles. The van der Waals surface area contributed by atoms with Crippen molar-refractivity contribution in [3.8, 4) is 17.5 Å². The van der Waals surface area contributed by atoms with Crippen molar-refractivity contribution in [1.82, 2.24) is 15.3 Å². The summed E-state index contributed by atoms with van der Waals surface area (Å²) in [5.74, 6) is 0.0907. The second-order valence-corrected chi connectivity index (χ2v) is 6.39. The number of benzene rings is 1. The molecule has 0 unspecified atom stereocenters. The summed E-state index contributed by atoms with van der Waals surface area (Å²) in [6, 6.07) is 20.9. The van der Waals surface area contributed by atoms with Crippen molar-refractivity contribution >= 4 is 17.7 Å². The number of hydrogen-bond donors (Lipinski definition) is 1. The van der Waals surface area contributed by atoms with Gasteiger partial charge in [0.2, 0.25) is 5.91 Å². The van der Waals surface area contributed by atoms with E-state index < -0.39 is 0 Å². The Hall–Kier alpha value is -3.17. The predicted octanol–water partition coefficient (Wildman–Crippen LogP) is 3.42. The van der Waals surface area contributed by atoms with Crippen molar-refractivity contribution in [2.45, 2.75) is 11.6 Å². The number of thioether (sulfide) groups is 1. The molecule has 0 aliphatic rings. The summed E-state index contributed by atoms with van der Waals surface area (Å²) in [7, 11) is 0. The summed E-state index contributed by atoms with van der Waals surface area (Å²) >= 11 is 1.25. The molecule has 0 saturated carbocycles. The first-order chi connectivity index (χ1) is 12.8. The van der Waals surface area contributed by atoms with Crippen LogP contribution in [-0.2, 0) is 11.3 Å². The number of carbonyl (C=O) groups is 1. The number of carbonyl (C=O) groups excluding carboxylic acids is 1. The largest absolute Gasteiger partial charge is 0.351 e. The van der Waals surface area contributed by atoms with Crippen molar-refractivity contribution in [3.63, 3.8) is 0 Å². The number of aromatic nitrogens is 2. The van der Waals surface area contributed by atoms with Crippen molar-refractivity contribution in [2.24, 2.45) is 0 Å². The molecular weight excluding hydrogens is 344 g/mol. The molecule has 0 atom stereocenters. The second kappa shape index (κ2) is 8.79. The van der Waals surface area contributed by atoms with Crippen LogP contribution in [0.3, 0.4) is 0 Å². The third-order valence-corrected chi connectivity index (χ3v) is 4.57. The van der Waals surface area contributed by atoms with Crippen LogP contribution in [0.15, 0.2) is 71.9 Å². The summed E-state index contributed by atoms with van der Waals surface area (Å²) < 4.78 is 0. The van der Waals surface area contributed by atoms with Gasteiger partial charge < -0.3 is 5.32 Å². The van der Waals surface area contributed by atoms with Gasteiger partial charge in [0, 0.05) is 12.7 Å². The Balaban J connectivity index is 1.65. The average molecular weight is 360 g/mol. The summed E-state index contributed by atoms with van der Waals surface area (Å²) in [5.41, 5.74) is 2.90. The number of nitrogens with one attached hydrogen (secondary N) is 1. The van der Waals surface area contributed by atoms with E-state index in [1.807, 2.05) is 48.5 Å². The molecule has 0 fully saturated rings. The monoisotopic (exact) mass is 360 g/mol. The fraction of sp³-hybridized carbons (Fsp3) is 0.100. The first kappa shape index (κ1) is 17.6. The van der Waals surface area contributed by atoms with Crippen LogP contribution < -0.4 is 5.32 Å². The maximum absolute atomic E-state index is 12.1. The quantitative estimate of drug-likeness (QED) is 0.682. The fourth-order valence-electron chi connectivity index (χ4n) is 2.27. The van der Waals surface area contributed by atoms with Gasteiger partial charge in [-0.25, -0.2) is 4.98 Å². The Kier molecular flexibility index (Phi) is 5.96. The van der Waals surface area contributed by atoms with E-state index in [0.717, 1.165) is 11.3 Å². The highest BCUT2D eigenvalue weighted by atomic mass is 32.2. The van der Waals surface area contributed by atoms with Crippen LogP contribution in [0.1, 0.15) is 11.1 Å². The third-order valence-electron chi connectivity index (χ3n) is 3.58. The lowest BCUT2D eigenvalue weighted by Crippen LogP contribution is -2.24. The first-order valence-corrected chi connectivity index (χ1v) is 9.01. The van der Waals surface area contributed by atoms with Gasteiger partial charge in [-0.15, -0.1) is 0 Å². The van der Waals surface area contributed by atoms with E-state index in [9.17, 15) is 10.1 Å². The number of rotatable bonds is 6. The maximum atomic E-state index is 12.1. The van der Waals surface area contributed by atoms with Crippen LogP contribution in [-0.4, -0.2) is 21.6 Å². The van der Waals surface area contributed by atoms with E-state index in [1.54, 1.807) is 18.3 Å². The minimum absolute atomic E-state index is 0.104. The van der Waals surface area contributed by atoms with E-state index >= 15 is 0 Å². The molecule has 1 aromatic carbocycles. The van der Waals surface area contributed by atoms with E-state index in [-0.39, 0.29) is 11.7 Å². The van der Waals surface area contributed by atoms with E-state index in [1.165, 1.54) is 11.8 Å². The summed E-state index contributed by atoms with van der Waals surface area (Å²) in [5, 5.41) is 12.7. The topological polar surface area (TPSA) is 78.7 Å². The Morgan fingerprint density at radius 1 is 1.04 bits per heavy atom. The van der Waals surface area contributed by atoms with Crippen LogP contribution in [0.5, 0.6) is 0 Å². The van der Waals surface area contributed by atoms with Gasteiger partial charge in [-0.1, -0.05) is 48.2 Å². The first-order valence-electron chi connectivity index (χ1n) is 8.02. The number of hydrogen-bond acceptors (Lipinski definition) is 5. The maximum Gasteiger partial charge on any atom is 0.230 e.